The zero-order valence-electron chi connectivity index (χ0n) is 11.4. The second-order valence-corrected chi connectivity index (χ2v) is 6.44. The Kier molecular flexibility index (Phi) is 3.42. The van der Waals surface area contributed by atoms with Crippen molar-refractivity contribution in [3.05, 3.63) is 0 Å². The second kappa shape index (κ2) is 4.87. The number of nitrogens with zero attached hydrogens (tertiary/aromatic N) is 2. The lowest BCUT2D eigenvalue weighted by Gasteiger charge is -2.50. The van der Waals surface area contributed by atoms with Crippen LogP contribution in [0.15, 0.2) is 0 Å². The third kappa shape index (κ3) is 2.67. The van der Waals surface area contributed by atoms with Crippen molar-refractivity contribution in [3.63, 3.8) is 0 Å². The lowest BCUT2D eigenvalue weighted by molar-refractivity contribution is -0.00712. The molecule has 1 heterocycles. The van der Waals surface area contributed by atoms with E-state index in [0.29, 0.717) is 0 Å². The molecule has 3 rings (SSSR count). The molecule has 0 aromatic heterocycles. The van der Waals surface area contributed by atoms with Crippen molar-refractivity contribution < 1.29 is 0 Å². The van der Waals surface area contributed by atoms with Gasteiger partial charge in [0.2, 0.25) is 0 Å². The summed E-state index contributed by atoms with van der Waals surface area (Å²) in [6.45, 7) is 7.46. The molecular formula is C14H27N3. The highest BCUT2D eigenvalue weighted by molar-refractivity contribution is 4.95. The normalized spacial score (nSPS) is 40.2. The van der Waals surface area contributed by atoms with Crippen molar-refractivity contribution in [1.82, 2.24) is 15.1 Å². The number of hydrogen-bond donors (Lipinski definition) is 1. The van der Waals surface area contributed by atoms with Crippen LogP contribution in [0, 0.1) is 5.92 Å². The molecule has 2 aliphatic carbocycles. The van der Waals surface area contributed by atoms with E-state index in [1.54, 1.807) is 0 Å². The van der Waals surface area contributed by atoms with Crippen LogP contribution >= 0.6 is 0 Å². The minimum atomic E-state index is 0.752. The first-order valence-corrected chi connectivity index (χ1v) is 7.41. The molecule has 3 atom stereocenters. The van der Waals surface area contributed by atoms with E-state index in [9.17, 15) is 0 Å². The van der Waals surface area contributed by atoms with Crippen LogP contribution in [-0.4, -0.2) is 61.2 Å². The molecule has 0 aromatic carbocycles. The Balaban J connectivity index is 1.49. The fourth-order valence-corrected chi connectivity index (χ4v) is 3.48. The van der Waals surface area contributed by atoms with Crippen molar-refractivity contribution in [2.75, 3.05) is 33.2 Å². The Morgan fingerprint density at radius 1 is 1.12 bits per heavy atom. The molecule has 3 aliphatic rings. The molecule has 3 heteroatoms. The van der Waals surface area contributed by atoms with Gasteiger partial charge in [-0.1, -0.05) is 0 Å². The van der Waals surface area contributed by atoms with E-state index in [2.05, 4.69) is 29.1 Å². The zero-order valence-corrected chi connectivity index (χ0v) is 11.4. The van der Waals surface area contributed by atoms with Gasteiger partial charge in [-0.05, 0) is 52.1 Å². The predicted octanol–water partition coefficient (Wildman–Crippen LogP) is 1.15. The van der Waals surface area contributed by atoms with Gasteiger partial charge in [0.15, 0.2) is 0 Å². The quantitative estimate of drug-likeness (QED) is 0.791. The Morgan fingerprint density at radius 2 is 1.94 bits per heavy atom. The summed E-state index contributed by atoms with van der Waals surface area (Å²) in [5.41, 5.74) is 0. The standard InChI is InChI=1S/C14H27N3/c1-11-10-16(2)7-8-17(11)14-6-3-12(14)9-15-13-4-5-13/h11-15H,3-10H2,1-2H3. The Labute approximate surface area is 106 Å². The summed E-state index contributed by atoms with van der Waals surface area (Å²) in [5, 5.41) is 3.71. The minimum Gasteiger partial charge on any atom is -0.314 e. The molecule has 3 fully saturated rings. The number of rotatable bonds is 4. The summed E-state index contributed by atoms with van der Waals surface area (Å²) in [6.07, 6.45) is 5.72. The summed E-state index contributed by atoms with van der Waals surface area (Å²) in [6, 6.07) is 2.51. The van der Waals surface area contributed by atoms with Gasteiger partial charge in [-0.3, -0.25) is 4.90 Å². The molecule has 0 amide bonds. The van der Waals surface area contributed by atoms with Crippen molar-refractivity contribution in [2.45, 2.75) is 50.7 Å². The molecule has 1 N–H and O–H groups in total. The first-order valence-electron chi connectivity index (χ1n) is 7.41. The Morgan fingerprint density at radius 3 is 2.53 bits per heavy atom. The smallest absolute Gasteiger partial charge is 0.0198 e. The summed E-state index contributed by atoms with van der Waals surface area (Å²) in [4.78, 5) is 5.25. The van der Waals surface area contributed by atoms with Gasteiger partial charge in [0, 0.05) is 37.8 Å². The van der Waals surface area contributed by atoms with E-state index in [-0.39, 0.29) is 0 Å². The van der Waals surface area contributed by atoms with Gasteiger partial charge in [0.25, 0.3) is 0 Å². The topological polar surface area (TPSA) is 18.5 Å². The van der Waals surface area contributed by atoms with Crippen LogP contribution < -0.4 is 5.32 Å². The van der Waals surface area contributed by atoms with Crippen molar-refractivity contribution >= 4 is 0 Å². The zero-order chi connectivity index (χ0) is 11.8. The molecule has 3 unspecified atom stereocenters. The van der Waals surface area contributed by atoms with Crippen LogP contribution in [0.2, 0.25) is 0 Å². The molecular weight excluding hydrogens is 210 g/mol. The molecule has 1 saturated heterocycles. The van der Waals surface area contributed by atoms with Gasteiger partial charge < -0.3 is 10.2 Å². The number of likely N-dealkylation sites (N-methyl/N-ethyl adjacent to an activating group) is 1. The molecule has 17 heavy (non-hydrogen) atoms. The summed E-state index contributed by atoms with van der Waals surface area (Å²) >= 11 is 0. The molecule has 0 aromatic rings. The highest BCUT2D eigenvalue weighted by Crippen LogP contribution is 2.34. The Bertz CT molecular complexity index is 264. The monoisotopic (exact) mass is 237 g/mol. The van der Waals surface area contributed by atoms with Crippen molar-refractivity contribution in [3.8, 4) is 0 Å². The highest BCUT2D eigenvalue weighted by atomic mass is 15.3. The Hall–Kier alpha value is -0.120. The number of hydrogen-bond acceptors (Lipinski definition) is 3. The summed E-state index contributed by atoms with van der Waals surface area (Å²) in [7, 11) is 2.25. The molecule has 0 spiro atoms. The highest BCUT2D eigenvalue weighted by Gasteiger charge is 2.39. The third-order valence-electron chi connectivity index (χ3n) is 4.93. The van der Waals surface area contributed by atoms with Crippen LogP contribution in [0.4, 0.5) is 0 Å². The van der Waals surface area contributed by atoms with E-state index in [1.165, 1.54) is 51.9 Å². The van der Waals surface area contributed by atoms with Crippen LogP contribution in [-0.2, 0) is 0 Å². The van der Waals surface area contributed by atoms with Gasteiger partial charge in [-0.15, -0.1) is 0 Å². The number of nitrogens with one attached hydrogen (secondary N) is 1. The van der Waals surface area contributed by atoms with Crippen LogP contribution in [0.3, 0.4) is 0 Å². The van der Waals surface area contributed by atoms with E-state index in [4.69, 9.17) is 0 Å². The lowest BCUT2D eigenvalue weighted by Crippen LogP contribution is -2.60. The van der Waals surface area contributed by atoms with Crippen LogP contribution in [0.1, 0.15) is 32.6 Å². The van der Waals surface area contributed by atoms with Gasteiger partial charge in [0.05, 0.1) is 0 Å². The first-order chi connectivity index (χ1) is 8.24. The molecule has 2 saturated carbocycles. The van der Waals surface area contributed by atoms with E-state index >= 15 is 0 Å². The van der Waals surface area contributed by atoms with E-state index in [0.717, 1.165) is 24.0 Å². The third-order valence-corrected chi connectivity index (χ3v) is 4.93. The maximum Gasteiger partial charge on any atom is 0.0198 e. The molecule has 1 aliphatic heterocycles. The van der Waals surface area contributed by atoms with Gasteiger partial charge >= 0.3 is 0 Å². The van der Waals surface area contributed by atoms with Gasteiger partial charge in [-0.2, -0.15) is 0 Å². The minimum absolute atomic E-state index is 0.752. The SMILES string of the molecule is CC1CN(C)CCN1C1CCC1CNC1CC1. The largest absolute Gasteiger partial charge is 0.314 e. The second-order valence-electron chi connectivity index (χ2n) is 6.44. The first kappa shape index (κ1) is 11.9. The summed E-state index contributed by atoms with van der Waals surface area (Å²) in [5.74, 6) is 0.932. The fourth-order valence-electron chi connectivity index (χ4n) is 3.48. The maximum atomic E-state index is 3.71. The molecule has 98 valence electrons. The maximum absolute atomic E-state index is 3.71. The number of piperazine rings is 1. The molecule has 0 radical (unpaired) electrons. The van der Waals surface area contributed by atoms with Crippen molar-refractivity contribution in [2.24, 2.45) is 5.92 Å². The van der Waals surface area contributed by atoms with Gasteiger partial charge in [-0.25, -0.2) is 0 Å². The lowest BCUT2D eigenvalue weighted by atomic mass is 9.77. The fraction of sp³-hybridized carbons (Fsp3) is 1.00. The van der Waals surface area contributed by atoms with Crippen LogP contribution in [0.5, 0.6) is 0 Å². The van der Waals surface area contributed by atoms with E-state index < -0.39 is 0 Å². The van der Waals surface area contributed by atoms with E-state index in [1.807, 2.05) is 0 Å². The molecule has 0 bridgehead atoms. The summed E-state index contributed by atoms with van der Waals surface area (Å²) < 4.78 is 0. The van der Waals surface area contributed by atoms with Crippen LogP contribution in [0.25, 0.3) is 0 Å². The predicted molar refractivity (Wildman–Crippen MR) is 71.2 cm³/mol. The van der Waals surface area contributed by atoms with Crippen molar-refractivity contribution in [1.29, 1.82) is 0 Å². The molecule has 3 nitrogen and oxygen atoms in total. The van der Waals surface area contributed by atoms with Gasteiger partial charge in [0.1, 0.15) is 0 Å². The average molecular weight is 237 g/mol. The average Bonchev–Trinajstić information content (AvgIpc) is 3.04.